The Morgan fingerprint density at radius 3 is 2.65 bits per heavy atom. The van der Waals surface area contributed by atoms with Gasteiger partial charge in [-0.3, -0.25) is 0 Å². The van der Waals surface area contributed by atoms with E-state index in [0.29, 0.717) is 12.8 Å². The van der Waals surface area contributed by atoms with Crippen LogP contribution in [0.15, 0.2) is 12.1 Å². The molecular formula is C12H15Cl2NO2. The van der Waals surface area contributed by atoms with Crippen molar-refractivity contribution in [2.24, 2.45) is 0 Å². The molecule has 0 saturated carbocycles. The van der Waals surface area contributed by atoms with Crippen LogP contribution in [0.2, 0.25) is 5.02 Å². The van der Waals surface area contributed by atoms with Crippen LogP contribution in [0.1, 0.15) is 30.9 Å². The summed E-state index contributed by atoms with van der Waals surface area (Å²) in [7, 11) is 0. The molecule has 2 aliphatic heterocycles. The molecule has 1 saturated heterocycles. The van der Waals surface area contributed by atoms with Gasteiger partial charge in [0.15, 0.2) is 11.5 Å². The summed E-state index contributed by atoms with van der Waals surface area (Å²) in [4.78, 5) is 0. The monoisotopic (exact) mass is 275 g/mol. The molecule has 0 bridgehead atoms. The molecule has 0 spiro atoms. The fourth-order valence-electron chi connectivity index (χ4n) is 2.32. The second-order valence-electron chi connectivity index (χ2n) is 4.23. The van der Waals surface area contributed by atoms with Crippen LogP contribution in [0.5, 0.6) is 11.5 Å². The van der Waals surface area contributed by atoms with E-state index in [4.69, 9.17) is 21.1 Å². The number of nitrogens with one attached hydrogen (secondary N) is 1. The van der Waals surface area contributed by atoms with Crippen molar-refractivity contribution in [2.45, 2.75) is 25.3 Å². The zero-order valence-corrected chi connectivity index (χ0v) is 10.9. The van der Waals surface area contributed by atoms with Gasteiger partial charge in [-0.1, -0.05) is 18.0 Å². The van der Waals surface area contributed by atoms with E-state index in [1.807, 2.05) is 12.1 Å². The minimum atomic E-state index is 0. The molecule has 3 nitrogen and oxygen atoms in total. The summed E-state index contributed by atoms with van der Waals surface area (Å²) in [6.45, 7) is 1.36. The third kappa shape index (κ3) is 2.46. The van der Waals surface area contributed by atoms with Gasteiger partial charge in [-0.25, -0.2) is 0 Å². The van der Waals surface area contributed by atoms with Gasteiger partial charge in [-0.05, 0) is 31.0 Å². The summed E-state index contributed by atoms with van der Waals surface area (Å²) in [6.07, 6.45) is 3.64. The Kier molecular flexibility index (Phi) is 4.02. The lowest BCUT2D eigenvalue weighted by atomic mass is 9.97. The molecule has 0 unspecified atom stereocenters. The molecule has 1 aromatic carbocycles. The number of benzene rings is 1. The zero-order valence-electron chi connectivity index (χ0n) is 9.37. The number of halogens is 2. The van der Waals surface area contributed by atoms with E-state index in [0.717, 1.165) is 35.1 Å². The molecule has 1 fully saturated rings. The van der Waals surface area contributed by atoms with Gasteiger partial charge in [0, 0.05) is 17.1 Å². The number of fused-ring (bicyclic) bond motifs is 1. The summed E-state index contributed by atoms with van der Waals surface area (Å²) in [5.74, 6) is 1.57. The van der Waals surface area contributed by atoms with Crippen LogP contribution in [0, 0.1) is 0 Å². The summed E-state index contributed by atoms with van der Waals surface area (Å²) >= 11 is 6.27. The van der Waals surface area contributed by atoms with Crippen LogP contribution in [0.3, 0.4) is 0 Å². The largest absolute Gasteiger partial charge is 0.454 e. The molecular weight excluding hydrogens is 261 g/mol. The quantitative estimate of drug-likeness (QED) is 0.853. The number of rotatable bonds is 1. The van der Waals surface area contributed by atoms with Crippen molar-refractivity contribution < 1.29 is 9.47 Å². The Morgan fingerprint density at radius 1 is 1.18 bits per heavy atom. The fourth-order valence-corrected chi connectivity index (χ4v) is 2.60. The second kappa shape index (κ2) is 5.34. The van der Waals surface area contributed by atoms with Crippen molar-refractivity contribution in [1.29, 1.82) is 0 Å². The smallest absolute Gasteiger partial charge is 0.231 e. The highest BCUT2D eigenvalue weighted by Crippen LogP contribution is 2.40. The Bertz CT molecular complexity index is 406. The van der Waals surface area contributed by atoms with Crippen LogP contribution in [-0.4, -0.2) is 13.3 Å². The van der Waals surface area contributed by atoms with Gasteiger partial charge < -0.3 is 14.8 Å². The Hall–Kier alpha value is -0.640. The molecule has 0 aromatic heterocycles. The third-order valence-electron chi connectivity index (χ3n) is 3.18. The van der Waals surface area contributed by atoms with Crippen LogP contribution in [0.25, 0.3) is 0 Å². The molecule has 2 aliphatic rings. The van der Waals surface area contributed by atoms with E-state index in [1.54, 1.807) is 0 Å². The molecule has 94 valence electrons. The average Bonchev–Trinajstić information content (AvgIpc) is 2.76. The summed E-state index contributed by atoms with van der Waals surface area (Å²) in [5.41, 5.74) is 1.13. The van der Waals surface area contributed by atoms with Crippen LogP contribution < -0.4 is 14.8 Å². The molecule has 1 aromatic rings. The van der Waals surface area contributed by atoms with Gasteiger partial charge >= 0.3 is 0 Å². The van der Waals surface area contributed by atoms with Crippen molar-refractivity contribution in [2.75, 3.05) is 13.3 Å². The van der Waals surface area contributed by atoms with Gasteiger partial charge in [0.2, 0.25) is 6.79 Å². The molecule has 0 aliphatic carbocycles. The third-order valence-corrected chi connectivity index (χ3v) is 3.50. The number of ether oxygens (including phenoxy) is 2. The summed E-state index contributed by atoms with van der Waals surface area (Å²) in [5, 5.41) is 4.25. The highest BCUT2D eigenvalue weighted by Gasteiger charge is 2.22. The SMILES string of the molecule is Cl.Clc1cc2c(cc1[C@H]1CCCCN1)OCO2. The van der Waals surface area contributed by atoms with Crippen LogP contribution in [-0.2, 0) is 0 Å². The molecule has 3 rings (SSSR count). The number of hydrogen-bond donors (Lipinski definition) is 1. The lowest BCUT2D eigenvalue weighted by Crippen LogP contribution is -2.26. The number of hydrogen-bond acceptors (Lipinski definition) is 3. The van der Waals surface area contributed by atoms with Crippen molar-refractivity contribution in [3.05, 3.63) is 22.7 Å². The Balaban J connectivity index is 0.00000108. The van der Waals surface area contributed by atoms with Gasteiger partial charge in [0.1, 0.15) is 0 Å². The topological polar surface area (TPSA) is 30.5 Å². The Labute approximate surface area is 112 Å². The Morgan fingerprint density at radius 2 is 1.94 bits per heavy atom. The number of piperidine rings is 1. The maximum absolute atomic E-state index is 6.27. The lowest BCUT2D eigenvalue weighted by Gasteiger charge is -2.24. The first-order valence-corrected chi connectivity index (χ1v) is 6.05. The van der Waals surface area contributed by atoms with Gasteiger partial charge in [-0.2, -0.15) is 0 Å². The summed E-state index contributed by atoms with van der Waals surface area (Å²) in [6, 6.07) is 4.22. The molecule has 2 heterocycles. The molecule has 1 N–H and O–H groups in total. The van der Waals surface area contributed by atoms with Crippen LogP contribution >= 0.6 is 24.0 Å². The van der Waals surface area contributed by atoms with E-state index in [9.17, 15) is 0 Å². The normalized spacial score (nSPS) is 22.1. The van der Waals surface area contributed by atoms with E-state index in [1.165, 1.54) is 12.8 Å². The molecule has 17 heavy (non-hydrogen) atoms. The van der Waals surface area contributed by atoms with Crippen molar-refractivity contribution in [1.82, 2.24) is 5.32 Å². The van der Waals surface area contributed by atoms with Gasteiger partial charge in [-0.15, -0.1) is 12.4 Å². The average molecular weight is 276 g/mol. The highest BCUT2D eigenvalue weighted by atomic mass is 35.5. The summed E-state index contributed by atoms with van der Waals surface area (Å²) < 4.78 is 10.7. The van der Waals surface area contributed by atoms with E-state index >= 15 is 0 Å². The molecule has 0 radical (unpaired) electrons. The predicted octanol–water partition coefficient (Wildman–Crippen LogP) is 3.31. The van der Waals surface area contributed by atoms with Crippen LogP contribution in [0.4, 0.5) is 0 Å². The van der Waals surface area contributed by atoms with Crippen molar-refractivity contribution >= 4 is 24.0 Å². The lowest BCUT2D eigenvalue weighted by molar-refractivity contribution is 0.174. The fraction of sp³-hybridized carbons (Fsp3) is 0.500. The standard InChI is InChI=1S/C12H14ClNO2.ClH/c13-9-6-12-11(15-7-16-12)5-8(9)10-3-1-2-4-14-10;/h5-6,10,14H,1-4,7H2;1H/t10-;/m1./s1. The van der Waals surface area contributed by atoms with Gasteiger partial charge in [0.25, 0.3) is 0 Å². The molecule has 1 atom stereocenters. The molecule has 5 heteroatoms. The van der Waals surface area contributed by atoms with E-state index < -0.39 is 0 Å². The first-order chi connectivity index (χ1) is 7.84. The highest BCUT2D eigenvalue weighted by molar-refractivity contribution is 6.31. The van der Waals surface area contributed by atoms with Crippen molar-refractivity contribution in [3.63, 3.8) is 0 Å². The van der Waals surface area contributed by atoms with Gasteiger partial charge in [0.05, 0.1) is 0 Å². The second-order valence-corrected chi connectivity index (χ2v) is 4.64. The zero-order chi connectivity index (χ0) is 11.0. The molecule has 0 amide bonds. The first-order valence-electron chi connectivity index (χ1n) is 5.67. The maximum Gasteiger partial charge on any atom is 0.231 e. The minimum absolute atomic E-state index is 0. The first kappa shape index (κ1) is 12.8. The predicted molar refractivity (Wildman–Crippen MR) is 69.4 cm³/mol. The van der Waals surface area contributed by atoms with Crippen molar-refractivity contribution in [3.8, 4) is 11.5 Å². The maximum atomic E-state index is 6.27. The minimum Gasteiger partial charge on any atom is -0.454 e. The van der Waals surface area contributed by atoms with E-state index in [-0.39, 0.29) is 12.4 Å². The van der Waals surface area contributed by atoms with E-state index in [2.05, 4.69) is 5.32 Å².